The fourth-order valence-electron chi connectivity index (χ4n) is 4.06. The largest absolute Gasteiger partial charge is 0.480 e. The van der Waals surface area contributed by atoms with E-state index in [0.717, 1.165) is 22.5 Å². The van der Waals surface area contributed by atoms with Gasteiger partial charge < -0.3 is 20.5 Å². The highest BCUT2D eigenvalue weighted by Crippen LogP contribution is 2.25. The molecule has 7 nitrogen and oxygen atoms in total. The van der Waals surface area contributed by atoms with Crippen LogP contribution in [0.2, 0.25) is 0 Å². The van der Waals surface area contributed by atoms with Gasteiger partial charge in [-0.25, -0.2) is 19.2 Å². The van der Waals surface area contributed by atoms with Crippen molar-refractivity contribution in [1.29, 1.82) is 0 Å². The van der Waals surface area contributed by atoms with Gasteiger partial charge >= 0.3 is 5.97 Å². The number of carboxylic acid groups (broad SMARTS) is 1. The molecular weight excluding hydrogens is 447 g/mol. The summed E-state index contributed by atoms with van der Waals surface area (Å²) in [5.74, 6) is 0.0848. The molecule has 0 bridgehead atoms. The first kappa shape index (κ1) is 24.2. The van der Waals surface area contributed by atoms with Crippen LogP contribution >= 0.6 is 0 Å². The Bertz CT molecular complexity index is 1200. The third kappa shape index (κ3) is 6.15. The van der Waals surface area contributed by atoms with Crippen molar-refractivity contribution in [3.63, 3.8) is 0 Å². The van der Waals surface area contributed by atoms with Gasteiger partial charge in [-0.3, -0.25) is 0 Å². The van der Waals surface area contributed by atoms with E-state index in [-0.39, 0.29) is 18.3 Å². The molecule has 2 unspecified atom stereocenters. The van der Waals surface area contributed by atoms with Gasteiger partial charge in [-0.05, 0) is 66.4 Å². The van der Waals surface area contributed by atoms with Crippen molar-refractivity contribution in [3.05, 3.63) is 88.9 Å². The second-order valence-corrected chi connectivity index (χ2v) is 8.54. The average molecular weight is 477 g/mol. The van der Waals surface area contributed by atoms with Crippen LogP contribution in [0, 0.1) is 12.7 Å². The van der Waals surface area contributed by atoms with Crippen molar-refractivity contribution in [2.45, 2.75) is 38.8 Å². The number of aliphatic imine (C=N–C) groups is 1. The summed E-state index contributed by atoms with van der Waals surface area (Å²) >= 11 is 0. The molecule has 182 valence electrons. The minimum atomic E-state index is -0.966. The molecule has 0 radical (unpaired) electrons. The number of rotatable bonds is 10. The number of nitrogens with zero attached hydrogens (tertiary/aromatic N) is 2. The van der Waals surface area contributed by atoms with Gasteiger partial charge in [-0.2, -0.15) is 0 Å². The summed E-state index contributed by atoms with van der Waals surface area (Å²) in [7, 11) is 0. The van der Waals surface area contributed by atoms with Crippen LogP contribution in [-0.4, -0.2) is 47.2 Å². The maximum absolute atomic E-state index is 13.8. The number of carboxylic acids is 1. The van der Waals surface area contributed by atoms with Crippen molar-refractivity contribution in [2.75, 3.05) is 23.8 Å². The van der Waals surface area contributed by atoms with Crippen LogP contribution < -0.4 is 10.6 Å². The van der Waals surface area contributed by atoms with Crippen LogP contribution in [0.25, 0.3) is 0 Å². The Morgan fingerprint density at radius 3 is 2.71 bits per heavy atom. The zero-order valence-corrected chi connectivity index (χ0v) is 19.8. The summed E-state index contributed by atoms with van der Waals surface area (Å²) < 4.78 is 19.6. The van der Waals surface area contributed by atoms with E-state index in [2.05, 4.69) is 20.6 Å². The highest BCUT2D eigenvalue weighted by atomic mass is 19.1. The number of pyridine rings is 1. The molecule has 2 aromatic carbocycles. The molecule has 0 spiro atoms. The van der Waals surface area contributed by atoms with E-state index in [1.807, 2.05) is 49.4 Å². The number of carbonyl (C=O) groups is 1. The molecule has 4 rings (SSSR count). The minimum Gasteiger partial charge on any atom is -0.480 e. The van der Waals surface area contributed by atoms with Crippen LogP contribution in [0.15, 0.2) is 65.8 Å². The maximum atomic E-state index is 13.8. The standard InChI is InChI=1S/C27H29FN4O3/c1-3-19-14-21(28)12-17(2)25(19)32-23(27(33)34)13-18-7-9-20(10-8-18)26-31-22(16-35-26)15-30-24-6-4-5-11-29-24/h4-12,14,22-23,32H,3,13,15-16H2,1-2H3,(H,29,30)(H,33,34). The van der Waals surface area contributed by atoms with Gasteiger partial charge in [-0.15, -0.1) is 0 Å². The lowest BCUT2D eigenvalue weighted by Crippen LogP contribution is -2.32. The lowest BCUT2D eigenvalue weighted by Gasteiger charge is -2.20. The summed E-state index contributed by atoms with van der Waals surface area (Å²) in [6.45, 7) is 4.80. The number of ether oxygens (including phenoxy) is 1. The van der Waals surface area contributed by atoms with Crippen molar-refractivity contribution < 1.29 is 19.0 Å². The molecule has 2 atom stereocenters. The van der Waals surface area contributed by atoms with E-state index in [1.54, 1.807) is 13.1 Å². The third-order valence-electron chi connectivity index (χ3n) is 5.92. The number of benzene rings is 2. The number of aliphatic carboxylic acids is 1. The fourth-order valence-corrected chi connectivity index (χ4v) is 4.06. The summed E-state index contributed by atoms with van der Waals surface area (Å²) in [6, 6.07) is 15.2. The Balaban J connectivity index is 1.40. The van der Waals surface area contributed by atoms with Crippen LogP contribution in [0.4, 0.5) is 15.9 Å². The zero-order chi connectivity index (χ0) is 24.8. The number of hydrogen-bond acceptors (Lipinski definition) is 6. The Hall–Kier alpha value is -3.94. The van der Waals surface area contributed by atoms with Gasteiger partial charge in [0.25, 0.3) is 0 Å². The van der Waals surface area contributed by atoms with Gasteiger partial charge in [0.1, 0.15) is 30.3 Å². The highest BCUT2D eigenvalue weighted by Gasteiger charge is 2.22. The van der Waals surface area contributed by atoms with Gasteiger partial charge in [0.05, 0.1) is 0 Å². The average Bonchev–Trinajstić information content (AvgIpc) is 3.33. The molecule has 1 aliphatic heterocycles. The SMILES string of the molecule is CCc1cc(F)cc(C)c1NC(Cc1ccc(C2=NC(CNc3ccccn3)CO2)cc1)C(=O)O. The van der Waals surface area contributed by atoms with E-state index in [0.29, 0.717) is 36.7 Å². The third-order valence-corrected chi connectivity index (χ3v) is 5.92. The summed E-state index contributed by atoms with van der Waals surface area (Å²) in [5, 5.41) is 16.2. The lowest BCUT2D eigenvalue weighted by molar-refractivity contribution is -0.137. The first-order chi connectivity index (χ1) is 16.9. The van der Waals surface area contributed by atoms with Crippen LogP contribution in [0.5, 0.6) is 0 Å². The number of aryl methyl sites for hydroxylation is 2. The van der Waals surface area contributed by atoms with E-state index in [1.165, 1.54) is 12.1 Å². The second kappa shape index (κ2) is 11.0. The van der Waals surface area contributed by atoms with Crippen molar-refractivity contribution in [3.8, 4) is 0 Å². The van der Waals surface area contributed by atoms with Crippen LogP contribution in [-0.2, 0) is 22.4 Å². The Kier molecular flexibility index (Phi) is 7.60. The lowest BCUT2D eigenvalue weighted by atomic mass is 10.0. The number of aromatic nitrogens is 1. The molecule has 0 aliphatic carbocycles. The van der Waals surface area contributed by atoms with Gasteiger partial charge in [-0.1, -0.05) is 25.1 Å². The molecule has 2 heterocycles. The van der Waals surface area contributed by atoms with E-state index < -0.39 is 12.0 Å². The quantitative estimate of drug-likeness (QED) is 0.400. The summed E-state index contributed by atoms with van der Waals surface area (Å²) in [4.78, 5) is 20.9. The molecule has 1 aromatic heterocycles. The molecule has 0 amide bonds. The first-order valence-corrected chi connectivity index (χ1v) is 11.7. The first-order valence-electron chi connectivity index (χ1n) is 11.7. The molecule has 0 fully saturated rings. The van der Waals surface area contributed by atoms with Crippen LogP contribution in [0.3, 0.4) is 0 Å². The van der Waals surface area contributed by atoms with Crippen molar-refractivity contribution >= 4 is 23.4 Å². The zero-order valence-electron chi connectivity index (χ0n) is 19.8. The molecule has 3 aromatic rings. The Morgan fingerprint density at radius 1 is 1.23 bits per heavy atom. The topological polar surface area (TPSA) is 95.8 Å². The molecular formula is C27H29FN4O3. The number of nitrogens with one attached hydrogen (secondary N) is 2. The van der Waals surface area contributed by atoms with Crippen molar-refractivity contribution in [2.24, 2.45) is 4.99 Å². The Morgan fingerprint density at radius 2 is 2.03 bits per heavy atom. The predicted molar refractivity (Wildman–Crippen MR) is 135 cm³/mol. The molecule has 1 aliphatic rings. The normalized spacial score (nSPS) is 15.7. The van der Waals surface area contributed by atoms with Gasteiger partial charge in [0.2, 0.25) is 5.90 Å². The number of anilines is 2. The fraction of sp³-hybridized carbons (Fsp3) is 0.296. The molecule has 8 heteroatoms. The summed E-state index contributed by atoms with van der Waals surface area (Å²) in [6.07, 6.45) is 2.61. The number of hydrogen-bond donors (Lipinski definition) is 3. The monoisotopic (exact) mass is 476 g/mol. The van der Waals surface area contributed by atoms with E-state index >= 15 is 0 Å². The smallest absolute Gasteiger partial charge is 0.326 e. The van der Waals surface area contributed by atoms with E-state index in [4.69, 9.17) is 4.74 Å². The van der Waals surface area contributed by atoms with Gasteiger partial charge in [0.15, 0.2) is 0 Å². The second-order valence-electron chi connectivity index (χ2n) is 8.54. The number of halogens is 1. The Labute approximate surface area is 204 Å². The predicted octanol–water partition coefficient (Wildman–Crippen LogP) is 4.46. The van der Waals surface area contributed by atoms with Crippen molar-refractivity contribution in [1.82, 2.24) is 4.98 Å². The maximum Gasteiger partial charge on any atom is 0.326 e. The molecule has 0 saturated heterocycles. The molecule has 35 heavy (non-hydrogen) atoms. The van der Waals surface area contributed by atoms with Crippen LogP contribution in [0.1, 0.15) is 29.2 Å². The minimum absolute atomic E-state index is 0.0148. The highest BCUT2D eigenvalue weighted by molar-refractivity contribution is 5.95. The molecule has 0 saturated carbocycles. The molecule has 3 N–H and O–H groups in total. The summed E-state index contributed by atoms with van der Waals surface area (Å²) in [5.41, 5.74) is 3.83. The van der Waals surface area contributed by atoms with E-state index in [9.17, 15) is 14.3 Å². The van der Waals surface area contributed by atoms with Gasteiger partial charge in [0, 0.05) is 30.4 Å².